The van der Waals surface area contributed by atoms with Crippen LogP contribution in [0.1, 0.15) is 37.7 Å². The Morgan fingerprint density at radius 1 is 1.22 bits per heavy atom. The predicted molar refractivity (Wildman–Crippen MR) is 86.6 cm³/mol. The molecule has 0 bridgehead atoms. The molecule has 0 aliphatic carbocycles. The first kappa shape index (κ1) is 16.3. The van der Waals surface area contributed by atoms with Crippen molar-refractivity contribution in [1.29, 1.82) is 0 Å². The summed E-state index contributed by atoms with van der Waals surface area (Å²) >= 11 is 0. The van der Waals surface area contributed by atoms with E-state index in [4.69, 9.17) is 9.47 Å². The maximum atomic E-state index is 11.3. The van der Waals surface area contributed by atoms with Gasteiger partial charge in [0.25, 0.3) is 0 Å². The average molecular weight is 319 g/mol. The highest BCUT2D eigenvalue weighted by Gasteiger charge is 2.28. The van der Waals surface area contributed by atoms with E-state index in [1.165, 1.54) is 0 Å². The lowest BCUT2D eigenvalue weighted by atomic mass is 10.0. The van der Waals surface area contributed by atoms with Gasteiger partial charge in [0.05, 0.1) is 6.10 Å². The van der Waals surface area contributed by atoms with Crippen LogP contribution < -0.4 is 4.74 Å². The third-order valence-electron chi connectivity index (χ3n) is 4.67. The standard InChI is InChI=1S/C18H25NO4/c20-18(21)17-5-1-2-10-19(17)12-14-6-8-15(9-7-14)23-13-16-4-3-11-22-16/h6-9,16-17H,1-5,10-13H2,(H,20,21). The third kappa shape index (κ3) is 4.45. The number of likely N-dealkylation sites (tertiary alicyclic amines) is 1. The number of ether oxygens (including phenoxy) is 2. The van der Waals surface area contributed by atoms with E-state index in [9.17, 15) is 9.90 Å². The lowest BCUT2D eigenvalue weighted by Gasteiger charge is -2.32. The van der Waals surface area contributed by atoms with E-state index in [1.807, 2.05) is 24.3 Å². The molecule has 23 heavy (non-hydrogen) atoms. The molecule has 2 unspecified atom stereocenters. The molecule has 1 aromatic rings. The number of nitrogens with zero attached hydrogens (tertiary/aromatic N) is 1. The van der Waals surface area contributed by atoms with Crippen LogP contribution in [-0.2, 0) is 16.1 Å². The summed E-state index contributed by atoms with van der Waals surface area (Å²) in [5.74, 6) is 0.138. The maximum absolute atomic E-state index is 11.3. The van der Waals surface area contributed by atoms with E-state index >= 15 is 0 Å². The summed E-state index contributed by atoms with van der Waals surface area (Å²) in [6.07, 6.45) is 5.24. The molecule has 2 saturated heterocycles. The monoisotopic (exact) mass is 319 g/mol. The van der Waals surface area contributed by atoms with Gasteiger partial charge in [-0.3, -0.25) is 9.69 Å². The highest BCUT2D eigenvalue weighted by molar-refractivity contribution is 5.73. The van der Waals surface area contributed by atoms with Crippen LogP contribution in [0.5, 0.6) is 5.75 Å². The van der Waals surface area contributed by atoms with Gasteiger partial charge in [-0.15, -0.1) is 0 Å². The molecule has 1 aromatic carbocycles. The normalized spacial score (nSPS) is 25.4. The molecular formula is C18H25NO4. The minimum absolute atomic E-state index is 0.222. The van der Waals surface area contributed by atoms with Crippen molar-refractivity contribution in [3.05, 3.63) is 29.8 Å². The van der Waals surface area contributed by atoms with Gasteiger partial charge in [0, 0.05) is 13.2 Å². The average Bonchev–Trinajstić information content (AvgIpc) is 3.08. The van der Waals surface area contributed by atoms with Crippen LogP contribution in [0, 0.1) is 0 Å². The van der Waals surface area contributed by atoms with E-state index in [2.05, 4.69) is 4.90 Å². The van der Waals surface area contributed by atoms with Crippen LogP contribution in [0.15, 0.2) is 24.3 Å². The van der Waals surface area contributed by atoms with Gasteiger partial charge >= 0.3 is 5.97 Å². The van der Waals surface area contributed by atoms with E-state index in [-0.39, 0.29) is 12.1 Å². The van der Waals surface area contributed by atoms with Crippen molar-refractivity contribution < 1.29 is 19.4 Å². The first-order valence-electron chi connectivity index (χ1n) is 8.52. The Bertz CT molecular complexity index is 510. The molecule has 3 rings (SSSR count). The molecule has 2 aliphatic rings. The van der Waals surface area contributed by atoms with Gasteiger partial charge in [0.1, 0.15) is 18.4 Å². The topological polar surface area (TPSA) is 59.0 Å². The van der Waals surface area contributed by atoms with Gasteiger partial charge in [-0.25, -0.2) is 0 Å². The number of hydrogen-bond donors (Lipinski definition) is 1. The molecular weight excluding hydrogens is 294 g/mol. The Balaban J connectivity index is 1.53. The largest absolute Gasteiger partial charge is 0.491 e. The highest BCUT2D eigenvalue weighted by atomic mass is 16.5. The van der Waals surface area contributed by atoms with E-state index in [1.54, 1.807) is 0 Å². The summed E-state index contributed by atoms with van der Waals surface area (Å²) in [6.45, 7) is 2.98. The molecule has 0 amide bonds. The summed E-state index contributed by atoms with van der Waals surface area (Å²) in [4.78, 5) is 13.4. The van der Waals surface area contributed by atoms with E-state index in [0.29, 0.717) is 13.2 Å². The molecule has 126 valence electrons. The van der Waals surface area contributed by atoms with Gasteiger partial charge < -0.3 is 14.6 Å². The summed E-state index contributed by atoms with van der Waals surface area (Å²) in [7, 11) is 0. The molecule has 0 saturated carbocycles. The summed E-state index contributed by atoms with van der Waals surface area (Å²) in [5.41, 5.74) is 1.13. The van der Waals surface area contributed by atoms with Crippen LogP contribution in [0.3, 0.4) is 0 Å². The van der Waals surface area contributed by atoms with Gasteiger partial charge in [-0.05, 0) is 49.9 Å². The summed E-state index contributed by atoms with van der Waals surface area (Å²) in [6, 6.07) is 7.63. The predicted octanol–water partition coefficient (Wildman–Crippen LogP) is 2.68. The highest BCUT2D eigenvalue weighted by Crippen LogP contribution is 2.21. The van der Waals surface area contributed by atoms with Crippen LogP contribution in [0.2, 0.25) is 0 Å². The molecule has 1 N–H and O–H groups in total. The smallest absolute Gasteiger partial charge is 0.320 e. The van der Waals surface area contributed by atoms with E-state index in [0.717, 1.165) is 56.6 Å². The Morgan fingerprint density at radius 3 is 2.74 bits per heavy atom. The molecule has 5 heteroatoms. The lowest BCUT2D eigenvalue weighted by molar-refractivity contribution is -0.144. The van der Waals surface area contributed by atoms with Crippen molar-refractivity contribution in [1.82, 2.24) is 4.90 Å². The van der Waals surface area contributed by atoms with Gasteiger partial charge in [0.2, 0.25) is 0 Å². The molecule has 0 spiro atoms. The van der Waals surface area contributed by atoms with Crippen molar-refractivity contribution >= 4 is 5.97 Å². The molecule has 5 nitrogen and oxygen atoms in total. The second-order valence-electron chi connectivity index (χ2n) is 6.41. The zero-order valence-corrected chi connectivity index (χ0v) is 13.4. The quantitative estimate of drug-likeness (QED) is 0.873. The number of benzene rings is 1. The minimum Gasteiger partial charge on any atom is -0.491 e. The van der Waals surface area contributed by atoms with Gasteiger partial charge in [-0.1, -0.05) is 18.6 Å². The van der Waals surface area contributed by atoms with E-state index < -0.39 is 5.97 Å². The Kier molecular flexibility index (Phi) is 5.51. The van der Waals surface area contributed by atoms with Gasteiger partial charge in [0.15, 0.2) is 0 Å². The van der Waals surface area contributed by atoms with Crippen LogP contribution in [0.4, 0.5) is 0 Å². The summed E-state index contributed by atoms with van der Waals surface area (Å²) < 4.78 is 11.3. The molecule has 2 aliphatic heterocycles. The molecule has 0 radical (unpaired) electrons. The maximum Gasteiger partial charge on any atom is 0.320 e. The zero-order chi connectivity index (χ0) is 16.1. The van der Waals surface area contributed by atoms with Crippen LogP contribution in [0.25, 0.3) is 0 Å². The molecule has 2 atom stereocenters. The summed E-state index contributed by atoms with van der Waals surface area (Å²) in [5, 5.41) is 9.33. The number of carbonyl (C=O) groups is 1. The number of carboxylic acids is 1. The van der Waals surface area contributed by atoms with Crippen molar-refractivity contribution in [2.24, 2.45) is 0 Å². The fourth-order valence-corrected chi connectivity index (χ4v) is 3.35. The van der Waals surface area contributed by atoms with Gasteiger partial charge in [-0.2, -0.15) is 0 Å². The van der Waals surface area contributed by atoms with Crippen molar-refractivity contribution in [2.75, 3.05) is 19.8 Å². The number of rotatable bonds is 6. The van der Waals surface area contributed by atoms with Crippen molar-refractivity contribution in [3.63, 3.8) is 0 Å². The molecule has 2 fully saturated rings. The number of aliphatic carboxylic acids is 1. The van der Waals surface area contributed by atoms with Crippen LogP contribution in [-0.4, -0.2) is 47.9 Å². The Hall–Kier alpha value is -1.59. The number of hydrogen-bond acceptors (Lipinski definition) is 4. The molecule has 0 aromatic heterocycles. The fourth-order valence-electron chi connectivity index (χ4n) is 3.35. The fraction of sp³-hybridized carbons (Fsp3) is 0.611. The minimum atomic E-state index is -0.707. The Morgan fingerprint density at radius 2 is 2.04 bits per heavy atom. The second-order valence-corrected chi connectivity index (χ2v) is 6.41. The second kappa shape index (κ2) is 7.79. The van der Waals surface area contributed by atoms with Crippen molar-refractivity contribution in [2.45, 2.75) is 50.8 Å². The lowest BCUT2D eigenvalue weighted by Crippen LogP contribution is -2.43. The number of piperidine rings is 1. The first-order chi connectivity index (χ1) is 11.2. The molecule has 2 heterocycles. The Labute approximate surface area is 137 Å². The van der Waals surface area contributed by atoms with Crippen molar-refractivity contribution in [3.8, 4) is 5.75 Å². The first-order valence-corrected chi connectivity index (χ1v) is 8.52. The third-order valence-corrected chi connectivity index (χ3v) is 4.67. The zero-order valence-electron chi connectivity index (χ0n) is 13.4. The number of carboxylic acid groups (broad SMARTS) is 1. The SMILES string of the molecule is O=C(O)C1CCCCN1Cc1ccc(OCC2CCCO2)cc1. The van der Waals surface area contributed by atoms with Crippen LogP contribution >= 0.6 is 0 Å².